The maximum atomic E-state index is 11.2. The Kier molecular flexibility index (Phi) is 6.99. The van der Waals surface area contributed by atoms with Crippen LogP contribution in [-0.4, -0.2) is 37.0 Å². The molecule has 1 fully saturated rings. The van der Waals surface area contributed by atoms with Crippen molar-refractivity contribution >= 4 is 24.0 Å². The summed E-state index contributed by atoms with van der Waals surface area (Å²) in [4.78, 5) is 13.7. The van der Waals surface area contributed by atoms with E-state index in [0.29, 0.717) is 6.04 Å². The van der Waals surface area contributed by atoms with Crippen LogP contribution in [0.25, 0.3) is 0 Å². The highest BCUT2D eigenvalue weighted by Crippen LogP contribution is 2.19. The van der Waals surface area contributed by atoms with Crippen LogP contribution < -0.4 is 10.6 Å². The number of likely N-dealkylation sites (N-methyl/N-ethyl adjacent to an activating group) is 1. The van der Waals surface area contributed by atoms with E-state index in [1.807, 2.05) is 25.2 Å². The highest BCUT2D eigenvalue weighted by atomic mass is 35.5. The summed E-state index contributed by atoms with van der Waals surface area (Å²) in [5.74, 6) is -0.0146. The maximum Gasteiger partial charge on any atom is 0.221 e. The van der Waals surface area contributed by atoms with E-state index in [0.717, 1.165) is 25.3 Å². The van der Waals surface area contributed by atoms with Gasteiger partial charge in [0.1, 0.15) is 0 Å². The predicted molar refractivity (Wildman–Crippen MR) is 85.4 cm³/mol. The van der Waals surface area contributed by atoms with Gasteiger partial charge in [-0.25, -0.2) is 0 Å². The normalized spacial score (nSPS) is 19.2. The number of benzene rings is 1. The van der Waals surface area contributed by atoms with Crippen LogP contribution >= 0.6 is 12.4 Å². The van der Waals surface area contributed by atoms with Gasteiger partial charge in [-0.15, -0.1) is 12.4 Å². The van der Waals surface area contributed by atoms with E-state index in [1.165, 1.54) is 18.4 Å². The molecule has 1 heterocycles. The number of para-hydroxylation sites is 1. The van der Waals surface area contributed by atoms with Crippen molar-refractivity contribution in [1.82, 2.24) is 10.2 Å². The topological polar surface area (TPSA) is 44.4 Å². The Hall–Kier alpha value is -1.10. The Morgan fingerprint density at radius 1 is 1.40 bits per heavy atom. The maximum absolute atomic E-state index is 11.2. The van der Waals surface area contributed by atoms with E-state index in [9.17, 15) is 4.79 Å². The molecule has 0 radical (unpaired) electrons. The number of carbonyl (C=O) groups is 1. The molecule has 4 nitrogen and oxygen atoms in total. The summed E-state index contributed by atoms with van der Waals surface area (Å²) in [7, 11) is 2.03. The van der Waals surface area contributed by atoms with Crippen molar-refractivity contribution in [3.8, 4) is 0 Å². The first kappa shape index (κ1) is 17.0. The number of carbonyl (C=O) groups excluding carboxylic acids is 1. The number of hydrogen-bond acceptors (Lipinski definition) is 3. The Bertz CT molecular complexity index is 439. The lowest BCUT2D eigenvalue weighted by Crippen LogP contribution is -2.43. The zero-order valence-corrected chi connectivity index (χ0v) is 13.0. The van der Waals surface area contributed by atoms with E-state index < -0.39 is 0 Å². The number of nitrogens with one attached hydrogen (secondary N) is 2. The third-order valence-electron chi connectivity index (χ3n) is 3.64. The van der Waals surface area contributed by atoms with Gasteiger partial charge in [0.15, 0.2) is 0 Å². The van der Waals surface area contributed by atoms with Crippen molar-refractivity contribution < 1.29 is 4.79 Å². The van der Waals surface area contributed by atoms with Gasteiger partial charge in [-0.2, -0.15) is 0 Å². The van der Waals surface area contributed by atoms with E-state index >= 15 is 0 Å². The van der Waals surface area contributed by atoms with Crippen LogP contribution in [-0.2, 0) is 11.3 Å². The highest BCUT2D eigenvalue weighted by Gasteiger charge is 2.19. The SMILES string of the molecule is CNC1CCCN(Cc2ccccc2NC(C)=O)C1.Cl. The van der Waals surface area contributed by atoms with E-state index in [2.05, 4.69) is 21.6 Å². The summed E-state index contributed by atoms with van der Waals surface area (Å²) >= 11 is 0. The standard InChI is InChI=1S/C15H23N3O.ClH/c1-12(19)17-15-8-4-3-6-13(15)10-18-9-5-7-14(11-18)16-2;/h3-4,6,8,14,16H,5,7,9-11H2,1-2H3,(H,17,19);1H. The lowest BCUT2D eigenvalue weighted by atomic mass is 10.0. The minimum absolute atomic E-state index is 0. The first-order chi connectivity index (χ1) is 9.19. The number of likely N-dealkylation sites (tertiary alicyclic amines) is 1. The molecule has 2 N–H and O–H groups in total. The summed E-state index contributed by atoms with van der Waals surface area (Å²) in [6.07, 6.45) is 2.48. The third-order valence-corrected chi connectivity index (χ3v) is 3.64. The zero-order valence-electron chi connectivity index (χ0n) is 12.2. The lowest BCUT2D eigenvalue weighted by molar-refractivity contribution is -0.114. The molecule has 5 heteroatoms. The largest absolute Gasteiger partial charge is 0.326 e. The number of halogens is 1. The molecular weight excluding hydrogens is 274 g/mol. The molecule has 1 amide bonds. The van der Waals surface area contributed by atoms with Crippen LogP contribution in [0.1, 0.15) is 25.3 Å². The molecule has 1 aliphatic heterocycles. The molecular formula is C15H24ClN3O. The van der Waals surface area contributed by atoms with Crippen LogP contribution in [0.5, 0.6) is 0 Å². The number of piperidine rings is 1. The van der Waals surface area contributed by atoms with Gasteiger partial charge >= 0.3 is 0 Å². The van der Waals surface area contributed by atoms with Crippen molar-refractivity contribution in [1.29, 1.82) is 0 Å². The second-order valence-corrected chi connectivity index (χ2v) is 5.20. The fraction of sp³-hybridized carbons (Fsp3) is 0.533. The fourth-order valence-electron chi connectivity index (χ4n) is 2.65. The Morgan fingerprint density at radius 3 is 2.85 bits per heavy atom. The lowest BCUT2D eigenvalue weighted by Gasteiger charge is -2.32. The van der Waals surface area contributed by atoms with Crippen molar-refractivity contribution in [3.05, 3.63) is 29.8 Å². The van der Waals surface area contributed by atoms with Gasteiger partial charge < -0.3 is 10.6 Å². The molecule has 1 atom stereocenters. The van der Waals surface area contributed by atoms with Crippen molar-refractivity contribution in [2.45, 2.75) is 32.4 Å². The molecule has 1 aromatic carbocycles. The summed E-state index contributed by atoms with van der Waals surface area (Å²) in [6.45, 7) is 4.65. The average Bonchev–Trinajstić information content (AvgIpc) is 2.41. The molecule has 0 spiro atoms. The first-order valence-corrected chi connectivity index (χ1v) is 6.94. The zero-order chi connectivity index (χ0) is 13.7. The molecule has 1 unspecified atom stereocenters. The molecule has 2 rings (SSSR count). The molecule has 0 bridgehead atoms. The van der Waals surface area contributed by atoms with Crippen molar-refractivity contribution in [3.63, 3.8) is 0 Å². The van der Waals surface area contributed by atoms with E-state index in [-0.39, 0.29) is 18.3 Å². The van der Waals surface area contributed by atoms with Gasteiger partial charge in [-0.05, 0) is 38.1 Å². The van der Waals surface area contributed by atoms with E-state index in [4.69, 9.17) is 0 Å². The van der Waals surface area contributed by atoms with E-state index in [1.54, 1.807) is 6.92 Å². The Balaban J connectivity index is 0.00000200. The third kappa shape index (κ3) is 4.78. The molecule has 1 aliphatic rings. The van der Waals surface area contributed by atoms with Gasteiger partial charge in [0, 0.05) is 31.7 Å². The highest BCUT2D eigenvalue weighted by molar-refractivity contribution is 5.89. The van der Waals surface area contributed by atoms with Crippen LogP contribution in [0.3, 0.4) is 0 Å². The monoisotopic (exact) mass is 297 g/mol. The Labute approximate surface area is 127 Å². The van der Waals surface area contributed by atoms with Gasteiger partial charge in [-0.1, -0.05) is 18.2 Å². The fourth-order valence-corrected chi connectivity index (χ4v) is 2.65. The first-order valence-electron chi connectivity index (χ1n) is 6.94. The summed E-state index contributed by atoms with van der Waals surface area (Å²) in [5, 5.41) is 6.26. The van der Waals surface area contributed by atoms with Gasteiger partial charge in [0.25, 0.3) is 0 Å². The van der Waals surface area contributed by atoms with Crippen LogP contribution in [0, 0.1) is 0 Å². The van der Waals surface area contributed by atoms with Crippen molar-refractivity contribution in [2.75, 3.05) is 25.5 Å². The van der Waals surface area contributed by atoms with Gasteiger partial charge in [0.05, 0.1) is 0 Å². The summed E-state index contributed by atoms with van der Waals surface area (Å²) < 4.78 is 0. The number of rotatable bonds is 4. The minimum atomic E-state index is -0.0146. The number of anilines is 1. The second kappa shape index (κ2) is 8.25. The molecule has 0 aromatic heterocycles. The second-order valence-electron chi connectivity index (χ2n) is 5.20. The van der Waals surface area contributed by atoms with Crippen LogP contribution in [0.2, 0.25) is 0 Å². The predicted octanol–water partition coefficient (Wildman–Crippen LogP) is 2.25. The smallest absolute Gasteiger partial charge is 0.221 e. The van der Waals surface area contributed by atoms with Gasteiger partial charge in [0.2, 0.25) is 5.91 Å². The average molecular weight is 298 g/mol. The van der Waals surface area contributed by atoms with Crippen LogP contribution in [0.4, 0.5) is 5.69 Å². The molecule has 1 saturated heterocycles. The quantitative estimate of drug-likeness (QED) is 0.896. The summed E-state index contributed by atoms with van der Waals surface area (Å²) in [6, 6.07) is 8.63. The molecule has 0 aliphatic carbocycles. The van der Waals surface area contributed by atoms with Crippen LogP contribution in [0.15, 0.2) is 24.3 Å². The number of amides is 1. The molecule has 20 heavy (non-hydrogen) atoms. The molecule has 1 aromatic rings. The number of nitrogens with zero attached hydrogens (tertiary/aromatic N) is 1. The minimum Gasteiger partial charge on any atom is -0.326 e. The molecule has 112 valence electrons. The van der Waals surface area contributed by atoms with Crippen molar-refractivity contribution in [2.24, 2.45) is 0 Å². The molecule has 0 saturated carbocycles. The van der Waals surface area contributed by atoms with Gasteiger partial charge in [-0.3, -0.25) is 9.69 Å². The summed E-state index contributed by atoms with van der Waals surface area (Å²) in [5.41, 5.74) is 2.12. The number of hydrogen-bond donors (Lipinski definition) is 2. The Morgan fingerprint density at radius 2 is 2.15 bits per heavy atom.